The van der Waals surface area contributed by atoms with Crippen LogP contribution in [-0.2, 0) is 0 Å². The van der Waals surface area contributed by atoms with E-state index in [2.05, 4.69) is 0 Å². The number of aldehydes is 2. The van der Waals surface area contributed by atoms with Gasteiger partial charge in [-0.2, -0.15) is 0 Å². The monoisotopic (exact) mass is 156 g/mol. The highest BCUT2D eigenvalue weighted by molar-refractivity contribution is 7.25. The van der Waals surface area contributed by atoms with Crippen molar-refractivity contribution in [2.45, 2.75) is 0 Å². The SMILES string of the molecule is O=Cc1cc[s+]([O-])c1C=O. The van der Waals surface area contributed by atoms with Crippen LogP contribution in [0.25, 0.3) is 0 Å². The number of carbonyl (C=O) groups is 2. The van der Waals surface area contributed by atoms with Crippen molar-refractivity contribution in [2.75, 3.05) is 0 Å². The predicted octanol–water partition coefficient (Wildman–Crippen LogP) is 1.04. The summed E-state index contributed by atoms with van der Waals surface area (Å²) in [7, 11) is -1.39. The smallest absolute Gasteiger partial charge is 0.222 e. The van der Waals surface area contributed by atoms with Gasteiger partial charge in [0.05, 0.1) is 5.56 Å². The minimum Gasteiger partial charge on any atom is -0.590 e. The van der Waals surface area contributed by atoms with E-state index >= 15 is 0 Å². The molecule has 4 heteroatoms. The first kappa shape index (κ1) is 7.11. The topological polar surface area (TPSA) is 57.2 Å². The van der Waals surface area contributed by atoms with Crippen molar-refractivity contribution in [1.82, 2.24) is 0 Å². The number of thiophene rings is 1. The van der Waals surface area contributed by atoms with E-state index in [-0.39, 0.29) is 10.4 Å². The third-order valence-corrected chi connectivity index (χ3v) is 2.26. The molecule has 0 saturated heterocycles. The standard InChI is InChI=1S/C6H4O3S/c7-3-5-1-2-10(9)6(5)4-8/h1-4H. The summed E-state index contributed by atoms with van der Waals surface area (Å²) in [5.41, 5.74) is 0.216. The Morgan fingerprint density at radius 3 is 2.50 bits per heavy atom. The fourth-order valence-electron chi connectivity index (χ4n) is 0.620. The van der Waals surface area contributed by atoms with Crippen molar-refractivity contribution in [1.29, 1.82) is 0 Å². The molecular formula is C6H4O3S. The Morgan fingerprint density at radius 2 is 2.10 bits per heavy atom. The van der Waals surface area contributed by atoms with Gasteiger partial charge in [0.25, 0.3) is 0 Å². The summed E-state index contributed by atoms with van der Waals surface area (Å²) < 4.78 is 10.8. The van der Waals surface area contributed by atoms with Gasteiger partial charge < -0.3 is 4.55 Å². The zero-order valence-corrected chi connectivity index (χ0v) is 5.76. The molecule has 0 bridgehead atoms. The molecule has 0 aromatic carbocycles. The number of hydrogen-bond acceptors (Lipinski definition) is 3. The molecule has 0 N–H and O–H groups in total. The number of rotatable bonds is 2. The van der Waals surface area contributed by atoms with E-state index in [1.54, 1.807) is 0 Å². The minimum atomic E-state index is -1.39. The first-order valence-electron chi connectivity index (χ1n) is 2.53. The fourth-order valence-corrected chi connectivity index (χ4v) is 1.48. The predicted molar refractivity (Wildman–Crippen MR) is 35.9 cm³/mol. The molecule has 0 fully saturated rings. The van der Waals surface area contributed by atoms with E-state index in [0.29, 0.717) is 12.6 Å². The third kappa shape index (κ3) is 0.984. The lowest BCUT2D eigenvalue weighted by molar-refractivity contribution is 0.109. The Kier molecular flexibility index (Phi) is 1.94. The summed E-state index contributed by atoms with van der Waals surface area (Å²) in [6.07, 6.45) is 0.963. The van der Waals surface area contributed by atoms with Crippen LogP contribution in [0.3, 0.4) is 0 Å². The Morgan fingerprint density at radius 1 is 1.40 bits per heavy atom. The Bertz CT molecular complexity index is 264. The molecule has 0 aliphatic carbocycles. The zero-order valence-electron chi connectivity index (χ0n) is 4.94. The molecule has 0 radical (unpaired) electrons. The lowest BCUT2D eigenvalue weighted by atomic mass is 10.3. The van der Waals surface area contributed by atoms with Crippen LogP contribution in [-0.4, -0.2) is 17.1 Å². The second-order valence-electron chi connectivity index (χ2n) is 1.66. The molecule has 0 saturated carbocycles. The van der Waals surface area contributed by atoms with Crippen LogP contribution in [0.4, 0.5) is 0 Å². The molecule has 1 rings (SSSR count). The molecular weight excluding hydrogens is 152 g/mol. The average Bonchev–Trinajstić information content (AvgIpc) is 2.30. The van der Waals surface area contributed by atoms with Crippen molar-refractivity contribution >= 4 is 23.3 Å². The van der Waals surface area contributed by atoms with Gasteiger partial charge in [-0.25, -0.2) is 0 Å². The molecule has 3 nitrogen and oxygen atoms in total. The summed E-state index contributed by atoms with van der Waals surface area (Å²) in [5, 5.41) is 1.31. The maximum atomic E-state index is 10.8. The van der Waals surface area contributed by atoms with Crippen LogP contribution in [0, 0.1) is 0 Å². The maximum absolute atomic E-state index is 10.8. The van der Waals surface area contributed by atoms with Gasteiger partial charge in [0.15, 0.2) is 6.29 Å². The quantitative estimate of drug-likeness (QED) is 0.474. The average molecular weight is 156 g/mol. The Hall–Kier alpha value is -1.00. The molecule has 0 amide bonds. The molecule has 1 heterocycles. The fraction of sp³-hybridized carbons (Fsp3) is 0. The molecule has 1 atom stereocenters. The first-order valence-corrected chi connectivity index (χ1v) is 3.74. The van der Waals surface area contributed by atoms with Crippen LogP contribution in [0.15, 0.2) is 11.4 Å². The molecule has 1 aromatic rings. The maximum Gasteiger partial charge on any atom is 0.222 e. The highest BCUT2D eigenvalue weighted by Crippen LogP contribution is 2.21. The third-order valence-electron chi connectivity index (χ3n) is 1.11. The first-order chi connectivity index (χ1) is 4.79. The molecule has 0 aliphatic heterocycles. The van der Waals surface area contributed by atoms with E-state index < -0.39 is 10.8 Å². The van der Waals surface area contributed by atoms with Gasteiger partial charge >= 0.3 is 0 Å². The van der Waals surface area contributed by atoms with Crippen LogP contribution in [0.5, 0.6) is 0 Å². The van der Waals surface area contributed by atoms with Crippen molar-refractivity contribution in [3.05, 3.63) is 21.9 Å². The summed E-state index contributed by atoms with van der Waals surface area (Å²) in [6.45, 7) is 0. The minimum absolute atomic E-state index is 0.0648. The summed E-state index contributed by atoms with van der Waals surface area (Å²) in [5.74, 6) is 0. The Labute approximate surface area is 60.1 Å². The zero-order chi connectivity index (χ0) is 7.56. The van der Waals surface area contributed by atoms with Gasteiger partial charge in [-0.15, -0.1) is 0 Å². The van der Waals surface area contributed by atoms with E-state index in [4.69, 9.17) is 0 Å². The van der Waals surface area contributed by atoms with Crippen molar-refractivity contribution in [3.8, 4) is 0 Å². The summed E-state index contributed by atoms with van der Waals surface area (Å²) in [4.78, 5) is 20.3. The largest absolute Gasteiger partial charge is 0.590 e. The van der Waals surface area contributed by atoms with E-state index in [9.17, 15) is 14.1 Å². The molecule has 10 heavy (non-hydrogen) atoms. The summed E-state index contributed by atoms with van der Waals surface area (Å²) in [6, 6.07) is 1.38. The van der Waals surface area contributed by atoms with Gasteiger partial charge in [0, 0.05) is 6.07 Å². The van der Waals surface area contributed by atoms with Crippen LogP contribution in [0.2, 0.25) is 0 Å². The molecule has 0 spiro atoms. The lowest BCUT2D eigenvalue weighted by Crippen LogP contribution is -1.82. The number of carbonyl (C=O) groups excluding carboxylic acids is 2. The molecule has 1 aromatic heterocycles. The van der Waals surface area contributed by atoms with E-state index in [1.807, 2.05) is 0 Å². The summed E-state index contributed by atoms with van der Waals surface area (Å²) >= 11 is 0. The number of hydrogen-bond donors (Lipinski definition) is 0. The lowest BCUT2D eigenvalue weighted by Gasteiger charge is -1.85. The van der Waals surface area contributed by atoms with Crippen LogP contribution < -0.4 is 0 Å². The second-order valence-corrected chi connectivity index (χ2v) is 2.96. The van der Waals surface area contributed by atoms with Crippen LogP contribution >= 0.6 is 10.8 Å². The van der Waals surface area contributed by atoms with E-state index in [1.165, 1.54) is 11.4 Å². The van der Waals surface area contributed by atoms with Gasteiger partial charge in [0.2, 0.25) is 11.2 Å². The molecule has 0 aliphatic rings. The van der Waals surface area contributed by atoms with Gasteiger partial charge in [-0.05, 0) is 10.8 Å². The highest BCUT2D eigenvalue weighted by Gasteiger charge is 2.10. The van der Waals surface area contributed by atoms with Gasteiger partial charge in [-0.3, -0.25) is 9.59 Å². The van der Waals surface area contributed by atoms with Crippen molar-refractivity contribution in [2.24, 2.45) is 0 Å². The second kappa shape index (κ2) is 2.72. The normalized spacial score (nSPS) is 11.1. The van der Waals surface area contributed by atoms with E-state index in [0.717, 1.165) is 0 Å². The highest BCUT2D eigenvalue weighted by atomic mass is 32.2. The van der Waals surface area contributed by atoms with Crippen molar-refractivity contribution < 1.29 is 14.1 Å². The van der Waals surface area contributed by atoms with Crippen molar-refractivity contribution in [3.63, 3.8) is 0 Å². The van der Waals surface area contributed by atoms with Gasteiger partial charge in [0.1, 0.15) is 5.38 Å². The molecule has 1 unspecified atom stereocenters. The Balaban J connectivity index is 3.25. The van der Waals surface area contributed by atoms with Crippen LogP contribution in [0.1, 0.15) is 20.0 Å². The van der Waals surface area contributed by atoms with Gasteiger partial charge in [-0.1, -0.05) is 0 Å². The molecule has 52 valence electrons.